The van der Waals surface area contributed by atoms with Crippen LogP contribution in [0, 0.1) is 0 Å². The second-order valence-electron chi connectivity index (χ2n) is 4.33. The Morgan fingerprint density at radius 3 is 2.65 bits per heavy atom. The maximum absolute atomic E-state index is 5.21. The van der Waals surface area contributed by atoms with Gasteiger partial charge in [0.15, 0.2) is 0 Å². The van der Waals surface area contributed by atoms with Crippen LogP contribution in [0.1, 0.15) is 31.2 Å². The molecule has 0 heterocycles. The van der Waals surface area contributed by atoms with Gasteiger partial charge in [-0.1, -0.05) is 18.9 Å². The van der Waals surface area contributed by atoms with Gasteiger partial charge >= 0.3 is 0 Å². The van der Waals surface area contributed by atoms with Crippen molar-refractivity contribution in [2.45, 2.75) is 38.3 Å². The van der Waals surface area contributed by atoms with Gasteiger partial charge in [0.05, 0.1) is 11.6 Å². The summed E-state index contributed by atoms with van der Waals surface area (Å²) in [6.45, 7) is 0.952. The van der Waals surface area contributed by atoms with E-state index in [-0.39, 0.29) is 17.0 Å². The lowest BCUT2D eigenvalue weighted by Gasteiger charge is -2.12. The average molecular weight is 365 g/mol. The molecule has 96 valence electrons. The maximum atomic E-state index is 5.21. The fourth-order valence-electron chi connectivity index (χ4n) is 2.21. The van der Waals surface area contributed by atoms with Gasteiger partial charge in [-0.05, 0) is 46.5 Å². The van der Waals surface area contributed by atoms with Crippen LogP contribution in [0.4, 0.5) is 0 Å². The third kappa shape index (κ3) is 4.27. The summed E-state index contributed by atoms with van der Waals surface area (Å²) in [7, 11) is 1.69. The van der Waals surface area contributed by atoms with E-state index in [0.29, 0.717) is 0 Å². The first-order valence-electron chi connectivity index (χ1n) is 5.85. The Balaban J connectivity index is 0.00000144. The molecule has 1 N–H and O–H groups in total. The quantitative estimate of drug-likeness (QED) is 0.869. The Labute approximate surface area is 122 Å². The Bertz CT molecular complexity index is 351. The SMILES string of the molecule is Br.COc1ccc(CNC2CCCC2)cc1Br. The molecule has 1 aromatic carbocycles. The van der Waals surface area contributed by atoms with Crippen molar-refractivity contribution in [3.8, 4) is 5.75 Å². The minimum atomic E-state index is 0. The van der Waals surface area contributed by atoms with Crippen LogP contribution in [-0.4, -0.2) is 13.2 Å². The molecule has 0 spiro atoms. The number of hydrogen-bond donors (Lipinski definition) is 1. The fourth-order valence-corrected chi connectivity index (χ4v) is 2.80. The van der Waals surface area contributed by atoms with Crippen molar-refractivity contribution in [2.75, 3.05) is 7.11 Å². The molecule has 1 aromatic rings. The minimum absolute atomic E-state index is 0. The molecule has 2 rings (SSSR count). The maximum Gasteiger partial charge on any atom is 0.133 e. The molecule has 0 radical (unpaired) electrons. The van der Waals surface area contributed by atoms with Gasteiger partial charge in [0, 0.05) is 12.6 Å². The third-order valence-electron chi connectivity index (χ3n) is 3.17. The second-order valence-corrected chi connectivity index (χ2v) is 5.19. The van der Waals surface area contributed by atoms with Gasteiger partial charge in [0.2, 0.25) is 0 Å². The zero-order valence-corrected chi connectivity index (χ0v) is 13.3. The van der Waals surface area contributed by atoms with Gasteiger partial charge in [-0.15, -0.1) is 17.0 Å². The van der Waals surface area contributed by atoms with Crippen molar-refractivity contribution in [3.63, 3.8) is 0 Å². The summed E-state index contributed by atoms with van der Waals surface area (Å²) in [5.41, 5.74) is 1.31. The Morgan fingerprint density at radius 2 is 2.06 bits per heavy atom. The van der Waals surface area contributed by atoms with E-state index in [1.54, 1.807) is 7.11 Å². The lowest BCUT2D eigenvalue weighted by Crippen LogP contribution is -2.25. The minimum Gasteiger partial charge on any atom is -0.496 e. The lowest BCUT2D eigenvalue weighted by molar-refractivity contribution is 0.412. The number of methoxy groups -OCH3 is 1. The zero-order chi connectivity index (χ0) is 11.4. The molecule has 1 aliphatic rings. The van der Waals surface area contributed by atoms with Crippen LogP contribution in [0.25, 0.3) is 0 Å². The van der Waals surface area contributed by atoms with Crippen LogP contribution in [0.5, 0.6) is 5.75 Å². The summed E-state index contributed by atoms with van der Waals surface area (Å²) in [6.07, 6.45) is 5.42. The number of rotatable bonds is 4. The topological polar surface area (TPSA) is 21.3 Å². The Hall–Kier alpha value is -0.0600. The number of nitrogens with one attached hydrogen (secondary N) is 1. The molecule has 0 atom stereocenters. The molecule has 2 nitrogen and oxygen atoms in total. The first kappa shape index (κ1) is 15.0. The standard InChI is InChI=1S/C13H18BrNO.BrH/c1-16-13-7-6-10(8-12(13)14)9-15-11-4-2-3-5-11;/h6-8,11,15H,2-5,9H2,1H3;1H. The summed E-state index contributed by atoms with van der Waals surface area (Å²) < 4.78 is 6.24. The van der Waals surface area contributed by atoms with Crippen LogP contribution in [-0.2, 0) is 6.54 Å². The summed E-state index contributed by atoms with van der Waals surface area (Å²) in [5.74, 6) is 0.893. The lowest BCUT2D eigenvalue weighted by atomic mass is 10.2. The van der Waals surface area contributed by atoms with Gasteiger partial charge in [-0.25, -0.2) is 0 Å². The van der Waals surface area contributed by atoms with E-state index in [1.807, 2.05) is 6.07 Å². The molecule has 0 aliphatic heterocycles. The van der Waals surface area contributed by atoms with Gasteiger partial charge < -0.3 is 10.1 Å². The summed E-state index contributed by atoms with van der Waals surface area (Å²) in [5, 5.41) is 3.60. The van der Waals surface area contributed by atoms with E-state index in [0.717, 1.165) is 22.8 Å². The molecule has 0 amide bonds. The smallest absolute Gasteiger partial charge is 0.133 e. The van der Waals surface area contributed by atoms with Gasteiger partial charge in [0.25, 0.3) is 0 Å². The zero-order valence-electron chi connectivity index (χ0n) is 10.0. The van der Waals surface area contributed by atoms with Crippen LogP contribution in [0.3, 0.4) is 0 Å². The Kier molecular flexibility index (Phi) is 6.52. The highest BCUT2D eigenvalue weighted by Gasteiger charge is 2.13. The van der Waals surface area contributed by atoms with Crippen LogP contribution in [0.15, 0.2) is 22.7 Å². The number of ether oxygens (including phenoxy) is 1. The van der Waals surface area contributed by atoms with Crippen molar-refractivity contribution in [2.24, 2.45) is 0 Å². The van der Waals surface area contributed by atoms with Gasteiger partial charge in [-0.2, -0.15) is 0 Å². The molecular weight excluding hydrogens is 346 g/mol. The molecule has 0 unspecified atom stereocenters. The first-order chi connectivity index (χ1) is 7.79. The summed E-state index contributed by atoms with van der Waals surface area (Å²) in [4.78, 5) is 0. The third-order valence-corrected chi connectivity index (χ3v) is 3.79. The van der Waals surface area contributed by atoms with E-state index in [4.69, 9.17) is 4.74 Å². The molecule has 1 saturated carbocycles. The molecular formula is C13H19Br2NO. The van der Waals surface area contributed by atoms with Crippen molar-refractivity contribution in [1.82, 2.24) is 5.32 Å². The molecule has 1 fully saturated rings. The molecule has 0 aromatic heterocycles. The van der Waals surface area contributed by atoms with E-state index < -0.39 is 0 Å². The molecule has 17 heavy (non-hydrogen) atoms. The predicted octanol–water partition coefficient (Wildman–Crippen LogP) is 4.07. The van der Waals surface area contributed by atoms with E-state index >= 15 is 0 Å². The molecule has 4 heteroatoms. The van der Waals surface area contributed by atoms with Crippen molar-refractivity contribution in [1.29, 1.82) is 0 Å². The summed E-state index contributed by atoms with van der Waals surface area (Å²) >= 11 is 3.51. The van der Waals surface area contributed by atoms with E-state index in [2.05, 4.69) is 33.4 Å². The molecule has 1 aliphatic carbocycles. The first-order valence-corrected chi connectivity index (χ1v) is 6.64. The highest BCUT2D eigenvalue weighted by Crippen LogP contribution is 2.25. The second kappa shape index (κ2) is 7.39. The number of hydrogen-bond acceptors (Lipinski definition) is 2. The van der Waals surface area contributed by atoms with Crippen LogP contribution < -0.4 is 10.1 Å². The monoisotopic (exact) mass is 363 g/mol. The normalized spacial score (nSPS) is 15.6. The van der Waals surface area contributed by atoms with Crippen LogP contribution >= 0.6 is 32.9 Å². The highest BCUT2D eigenvalue weighted by atomic mass is 79.9. The van der Waals surface area contributed by atoms with Crippen molar-refractivity contribution in [3.05, 3.63) is 28.2 Å². The van der Waals surface area contributed by atoms with Crippen molar-refractivity contribution < 1.29 is 4.74 Å². The van der Waals surface area contributed by atoms with E-state index in [9.17, 15) is 0 Å². The predicted molar refractivity (Wildman–Crippen MR) is 80.1 cm³/mol. The van der Waals surface area contributed by atoms with Gasteiger partial charge in [-0.3, -0.25) is 0 Å². The largest absolute Gasteiger partial charge is 0.496 e. The molecule has 0 bridgehead atoms. The molecule has 0 saturated heterocycles. The highest BCUT2D eigenvalue weighted by molar-refractivity contribution is 9.10. The number of halogens is 2. The van der Waals surface area contributed by atoms with Gasteiger partial charge in [0.1, 0.15) is 5.75 Å². The van der Waals surface area contributed by atoms with Crippen molar-refractivity contribution >= 4 is 32.9 Å². The summed E-state index contributed by atoms with van der Waals surface area (Å²) in [6, 6.07) is 6.98. The van der Waals surface area contributed by atoms with Crippen LogP contribution in [0.2, 0.25) is 0 Å². The Morgan fingerprint density at radius 1 is 1.35 bits per heavy atom. The number of benzene rings is 1. The average Bonchev–Trinajstić information content (AvgIpc) is 2.79. The fraction of sp³-hybridized carbons (Fsp3) is 0.538. The van der Waals surface area contributed by atoms with E-state index in [1.165, 1.54) is 31.2 Å².